The lowest BCUT2D eigenvalue weighted by Crippen LogP contribution is -2.24. The van der Waals surface area contributed by atoms with E-state index in [1.54, 1.807) is 21.3 Å². The molecule has 0 saturated heterocycles. The van der Waals surface area contributed by atoms with Crippen LogP contribution in [0.4, 0.5) is 0 Å². The van der Waals surface area contributed by atoms with Crippen molar-refractivity contribution in [3.8, 4) is 17.2 Å². The van der Waals surface area contributed by atoms with Gasteiger partial charge in [0.05, 0.1) is 28.4 Å². The number of methoxy groups -OCH3 is 4. The number of carbonyl (C=O) groups excluding carboxylic acids is 1. The highest BCUT2D eigenvalue weighted by Crippen LogP contribution is 2.39. The molecule has 0 N–H and O–H groups in total. The van der Waals surface area contributed by atoms with Crippen LogP contribution in [0.1, 0.15) is 36.8 Å². The topological polar surface area (TPSA) is 57.2 Å². The largest absolute Gasteiger partial charge is 0.493 e. The Kier molecular flexibility index (Phi) is 9.44. The Bertz CT molecular complexity index is 1360. The number of unbranched alkanes of at least 4 members (excludes halogenated alkanes) is 2. The lowest BCUT2D eigenvalue weighted by Gasteiger charge is -2.25. The van der Waals surface area contributed by atoms with Gasteiger partial charge in [-0.05, 0) is 70.3 Å². The fourth-order valence-corrected chi connectivity index (χ4v) is 5.09. The number of rotatable bonds is 13. The summed E-state index contributed by atoms with van der Waals surface area (Å²) in [6, 6.07) is 23.5. The maximum absolute atomic E-state index is 11.5. The van der Waals surface area contributed by atoms with Gasteiger partial charge in [-0.3, -0.25) is 9.69 Å². The summed E-state index contributed by atoms with van der Waals surface area (Å²) in [5.74, 6) is 1.74. The average molecular weight is 516 g/mol. The number of hydrogen-bond donors (Lipinski definition) is 0. The molecule has 0 bridgehead atoms. The molecule has 0 spiro atoms. The SMILES string of the molecule is COC(=O)CCCCCN(Cc1cc(OC)c(OC)c(OC)c1)Cc1cc2ccccc2c2ccccc12. The molecule has 0 unspecified atom stereocenters. The Morgan fingerprint density at radius 3 is 2.03 bits per heavy atom. The molecule has 4 aromatic rings. The van der Waals surface area contributed by atoms with E-state index < -0.39 is 0 Å². The summed E-state index contributed by atoms with van der Waals surface area (Å²) in [6.45, 7) is 2.40. The highest BCUT2D eigenvalue weighted by molar-refractivity contribution is 6.08. The first-order valence-corrected chi connectivity index (χ1v) is 13.0. The first-order chi connectivity index (χ1) is 18.6. The van der Waals surface area contributed by atoms with Crippen LogP contribution >= 0.6 is 0 Å². The van der Waals surface area contributed by atoms with Crippen molar-refractivity contribution in [1.82, 2.24) is 4.90 Å². The van der Waals surface area contributed by atoms with E-state index in [9.17, 15) is 4.79 Å². The van der Waals surface area contributed by atoms with Gasteiger partial charge in [0.2, 0.25) is 5.75 Å². The first-order valence-electron chi connectivity index (χ1n) is 13.0. The molecule has 0 heterocycles. The van der Waals surface area contributed by atoms with Gasteiger partial charge in [-0.1, -0.05) is 55.0 Å². The fourth-order valence-electron chi connectivity index (χ4n) is 5.09. The lowest BCUT2D eigenvalue weighted by atomic mass is 9.97. The maximum atomic E-state index is 11.5. The highest BCUT2D eigenvalue weighted by atomic mass is 16.5. The predicted octanol–water partition coefficient (Wildman–Crippen LogP) is 6.75. The third-order valence-electron chi connectivity index (χ3n) is 6.96. The summed E-state index contributed by atoms with van der Waals surface area (Å²) in [7, 11) is 6.34. The standard InChI is InChI=1S/C32H37NO5/c1-35-29-18-23(19-30(36-2)32(29)38-4)21-33(17-11-5-6-16-31(34)37-3)22-25-20-24-12-7-8-13-26(24)28-15-10-9-14-27(25)28/h7-10,12-15,18-20H,5-6,11,16-17,21-22H2,1-4H3. The Morgan fingerprint density at radius 1 is 0.711 bits per heavy atom. The van der Waals surface area contributed by atoms with Crippen LogP contribution in [-0.4, -0.2) is 45.9 Å². The smallest absolute Gasteiger partial charge is 0.305 e. The van der Waals surface area contributed by atoms with E-state index in [4.69, 9.17) is 18.9 Å². The van der Waals surface area contributed by atoms with Crippen LogP contribution in [0.2, 0.25) is 0 Å². The molecule has 38 heavy (non-hydrogen) atoms. The second-order valence-electron chi connectivity index (χ2n) is 9.43. The summed E-state index contributed by atoms with van der Waals surface area (Å²) < 4.78 is 21.5. The zero-order valence-corrected chi connectivity index (χ0v) is 22.8. The van der Waals surface area contributed by atoms with Crippen LogP contribution < -0.4 is 14.2 Å². The van der Waals surface area contributed by atoms with Gasteiger partial charge in [0.25, 0.3) is 0 Å². The normalized spacial score (nSPS) is 11.2. The number of benzene rings is 4. The molecule has 0 aliphatic carbocycles. The fraction of sp³-hybridized carbons (Fsp3) is 0.344. The highest BCUT2D eigenvalue weighted by Gasteiger charge is 2.17. The summed E-state index contributed by atoms with van der Waals surface area (Å²) >= 11 is 0. The maximum Gasteiger partial charge on any atom is 0.305 e. The molecular formula is C32H37NO5. The molecule has 4 rings (SSSR count). The van der Waals surface area contributed by atoms with Crippen LogP contribution in [0.5, 0.6) is 17.2 Å². The molecule has 4 aromatic carbocycles. The number of carbonyl (C=O) groups is 1. The predicted molar refractivity (Wildman–Crippen MR) is 152 cm³/mol. The van der Waals surface area contributed by atoms with Crippen molar-refractivity contribution in [1.29, 1.82) is 0 Å². The molecule has 200 valence electrons. The Hall–Kier alpha value is -3.77. The van der Waals surface area contributed by atoms with E-state index in [1.807, 2.05) is 12.1 Å². The van der Waals surface area contributed by atoms with Crippen molar-refractivity contribution >= 4 is 27.5 Å². The van der Waals surface area contributed by atoms with Gasteiger partial charge in [-0.15, -0.1) is 0 Å². The molecule has 0 radical (unpaired) electrons. The molecule has 0 atom stereocenters. The van der Waals surface area contributed by atoms with Crippen LogP contribution in [0, 0.1) is 0 Å². The first kappa shape index (κ1) is 27.3. The minimum absolute atomic E-state index is 0.151. The van der Waals surface area contributed by atoms with Gasteiger partial charge >= 0.3 is 5.97 Å². The van der Waals surface area contributed by atoms with Gasteiger partial charge < -0.3 is 18.9 Å². The minimum Gasteiger partial charge on any atom is -0.493 e. The lowest BCUT2D eigenvalue weighted by molar-refractivity contribution is -0.140. The molecule has 0 aliphatic rings. The number of esters is 1. The molecular weight excluding hydrogens is 478 g/mol. The summed E-state index contributed by atoms with van der Waals surface area (Å²) in [5.41, 5.74) is 2.38. The van der Waals surface area contributed by atoms with Gasteiger partial charge in [0.1, 0.15) is 0 Å². The van der Waals surface area contributed by atoms with E-state index in [2.05, 4.69) is 59.5 Å². The van der Waals surface area contributed by atoms with Crippen LogP contribution in [0.3, 0.4) is 0 Å². The Labute approximate surface area is 225 Å². The molecule has 0 saturated carbocycles. The second kappa shape index (κ2) is 13.2. The molecule has 0 fully saturated rings. The van der Waals surface area contributed by atoms with E-state index in [0.717, 1.165) is 44.5 Å². The van der Waals surface area contributed by atoms with E-state index in [0.29, 0.717) is 23.7 Å². The van der Waals surface area contributed by atoms with Crippen molar-refractivity contribution in [2.24, 2.45) is 0 Å². The average Bonchev–Trinajstić information content (AvgIpc) is 2.96. The summed E-state index contributed by atoms with van der Waals surface area (Å²) in [6.07, 6.45) is 3.22. The number of hydrogen-bond acceptors (Lipinski definition) is 6. The zero-order chi connectivity index (χ0) is 26.9. The van der Waals surface area contributed by atoms with Crippen LogP contribution in [0.25, 0.3) is 21.5 Å². The quantitative estimate of drug-likeness (QED) is 0.111. The van der Waals surface area contributed by atoms with Gasteiger partial charge in [-0.2, -0.15) is 0 Å². The summed E-state index contributed by atoms with van der Waals surface area (Å²) in [4.78, 5) is 14.0. The number of fused-ring (bicyclic) bond motifs is 3. The minimum atomic E-state index is -0.151. The van der Waals surface area contributed by atoms with Gasteiger partial charge in [0, 0.05) is 19.5 Å². The molecule has 0 amide bonds. The second-order valence-corrected chi connectivity index (χ2v) is 9.43. The number of nitrogens with zero attached hydrogens (tertiary/aromatic N) is 1. The van der Waals surface area contributed by atoms with E-state index in [-0.39, 0.29) is 5.97 Å². The van der Waals surface area contributed by atoms with Crippen LogP contribution in [0.15, 0.2) is 66.7 Å². The molecule has 0 aromatic heterocycles. The van der Waals surface area contributed by atoms with E-state index in [1.165, 1.54) is 34.2 Å². The Morgan fingerprint density at radius 2 is 1.37 bits per heavy atom. The third kappa shape index (κ3) is 6.37. The number of ether oxygens (including phenoxy) is 4. The van der Waals surface area contributed by atoms with Gasteiger partial charge in [0.15, 0.2) is 11.5 Å². The van der Waals surface area contributed by atoms with Crippen molar-refractivity contribution < 1.29 is 23.7 Å². The van der Waals surface area contributed by atoms with Crippen LogP contribution in [-0.2, 0) is 22.6 Å². The third-order valence-corrected chi connectivity index (χ3v) is 6.96. The zero-order valence-electron chi connectivity index (χ0n) is 22.8. The Balaban J connectivity index is 1.64. The monoisotopic (exact) mass is 515 g/mol. The van der Waals surface area contributed by atoms with E-state index >= 15 is 0 Å². The van der Waals surface area contributed by atoms with Crippen molar-refractivity contribution in [2.75, 3.05) is 35.0 Å². The van der Waals surface area contributed by atoms with Crippen molar-refractivity contribution in [3.63, 3.8) is 0 Å². The summed E-state index contributed by atoms with van der Waals surface area (Å²) in [5, 5.41) is 5.05. The van der Waals surface area contributed by atoms with Crippen molar-refractivity contribution in [3.05, 3.63) is 77.9 Å². The van der Waals surface area contributed by atoms with Gasteiger partial charge in [-0.25, -0.2) is 0 Å². The van der Waals surface area contributed by atoms with Crippen molar-refractivity contribution in [2.45, 2.75) is 38.8 Å². The molecule has 6 nitrogen and oxygen atoms in total. The molecule has 6 heteroatoms. The molecule has 0 aliphatic heterocycles.